The Morgan fingerprint density at radius 1 is 0.288 bits per heavy atom. The molecular formula is C36H88O8Si8. The van der Waals surface area contributed by atoms with Gasteiger partial charge in [-0.25, -0.2) is 0 Å². The summed E-state index contributed by atoms with van der Waals surface area (Å²) in [5.74, 6) is 0. The molecule has 52 heavy (non-hydrogen) atoms. The van der Waals surface area contributed by atoms with Gasteiger partial charge in [0.2, 0.25) is 0 Å². The second-order valence-electron chi connectivity index (χ2n) is 19.2. The van der Waals surface area contributed by atoms with Crippen LogP contribution in [0.2, 0.25) is 103 Å². The Morgan fingerprint density at radius 3 is 0.596 bits per heavy atom. The van der Waals surface area contributed by atoms with Gasteiger partial charge in [-0.1, -0.05) is 105 Å². The molecule has 1 aliphatic rings. The molecule has 0 unspecified atom stereocenters. The number of rotatable bonds is 28. The van der Waals surface area contributed by atoms with Crippen LogP contribution >= 0.6 is 0 Å². The predicted octanol–water partition coefficient (Wildman–Crippen LogP) is 13.5. The lowest BCUT2D eigenvalue weighted by atomic mass is 10.2. The minimum absolute atomic E-state index is 0.738. The zero-order valence-corrected chi connectivity index (χ0v) is 45.4. The third-order valence-electron chi connectivity index (χ3n) is 8.44. The van der Waals surface area contributed by atoms with Crippen LogP contribution in [0.15, 0.2) is 0 Å². The van der Waals surface area contributed by atoms with E-state index in [0.717, 1.165) is 75.5 Å². The van der Waals surface area contributed by atoms with Crippen molar-refractivity contribution in [3.63, 3.8) is 0 Å². The van der Waals surface area contributed by atoms with Gasteiger partial charge in [-0.3, -0.25) is 0 Å². The third-order valence-corrected chi connectivity index (χ3v) is 37.0. The summed E-state index contributed by atoms with van der Waals surface area (Å²) >= 11 is 0. The molecule has 16 heteroatoms. The summed E-state index contributed by atoms with van der Waals surface area (Å²) in [5.41, 5.74) is 0. The molecule has 0 atom stereocenters. The van der Waals surface area contributed by atoms with E-state index in [1.165, 1.54) is 51.4 Å². The molecule has 0 aromatic carbocycles. The van der Waals surface area contributed by atoms with Crippen LogP contribution in [0, 0.1) is 0 Å². The average molecular weight is 874 g/mol. The van der Waals surface area contributed by atoms with Crippen LogP contribution < -0.4 is 0 Å². The summed E-state index contributed by atoms with van der Waals surface area (Å²) in [5, 5.41) is 0. The Bertz CT molecular complexity index is 806. The SMILES string of the molecule is CCCCCC[Si]1(O[Si](C)(C)C)O[Si](CCCCCC)(O[Si](C)(C)C)O[Si](CCCCCC)(O[Si](C)(C)C)O[Si](CCCCCC)(O[Si](C)(C)C)O1. The van der Waals surface area contributed by atoms with E-state index in [1.54, 1.807) is 0 Å². The molecule has 1 saturated heterocycles. The zero-order chi connectivity index (χ0) is 39.8. The second kappa shape index (κ2) is 23.1. The summed E-state index contributed by atoms with van der Waals surface area (Å²) in [7, 11) is -22.9. The molecule has 1 rings (SSSR count). The van der Waals surface area contributed by atoms with Crippen LogP contribution in [0.1, 0.15) is 130 Å². The minimum atomic E-state index is -3.52. The molecule has 0 spiro atoms. The molecule has 0 radical (unpaired) electrons. The van der Waals surface area contributed by atoms with Crippen LogP contribution in [0.4, 0.5) is 0 Å². The molecule has 0 amide bonds. The molecule has 1 fully saturated rings. The Labute approximate surface area is 332 Å². The predicted molar refractivity (Wildman–Crippen MR) is 241 cm³/mol. The quantitative estimate of drug-likeness (QED) is 0.0569. The van der Waals surface area contributed by atoms with Gasteiger partial charge < -0.3 is 32.9 Å². The Balaban J connectivity index is 4.33. The maximum atomic E-state index is 7.89. The first-order chi connectivity index (χ1) is 23.9. The standard InChI is InChI=1S/C36H88O8Si8/c1-17-21-25-29-33-49(37-45(5,6)7)41-50(38-46(8,9)10,34-30-26-22-18-2)43-52(40-48(14,15)16,36-32-28-24-20-4)44-51(42-49,39-47(11,12)13)35-31-27-23-19-3/h17-36H2,1-16H3. The second-order valence-corrected chi connectivity index (χ2v) is 50.1. The highest BCUT2D eigenvalue weighted by atomic mass is 28.6. The fourth-order valence-corrected chi connectivity index (χ4v) is 43.4. The van der Waals surface area contributed by atoms with Crippen molar-refractivity contribution in [2.24, 2.45) is 0 Å². The van der Waals surface area contributed by atoms with E-state index in [2.05, 4.69) is 106 Å². The number of hydrogen-bond donors (Lipinski definition) is 0. The molecule has 0 bridgehead atoms. The Hall–Kier alpha value is 1.42. The van der Waals surface area contributed by atoms with Gasteiger partial charge in [0.25, 0.3) is 0 Å². The van der Waals surface area contributed by atoms with Gasteiger partial charge in [-0.2, -0.15) is 0 Å². The van der Waals surface area contributed by atoms with Crippen molar-refractivity contribution >= 4 is 68.5 Å². The highest BCUT2D eigenvalue weighted by molar-refractivity contribution is 6.97. The molecule has 0 aliphatic carbocycles. The van der Waals surface area contributed by atoms with Crippen molar-refractivity contribution in [2.45, 2.75) is 233 Å². The fraction of sp³-hybridized carbons (Fsp3) is 1.00. The third kappa shape index (κ3) is 21.8. The number of hydrogen-bond acceptors (Lipinski definition) is 8. The summed E-state index contributed by atoms with van der Waals surface area (Å²) < 4.78 is 61.4. The Morgan fingerprint density at radius 2 is 0.462 bits per heavy atom. The molecule has 0 N–H and O–H groups in total. The van der Waals surface area contributed by atoms with Crippen molar-refractivity contribution in [2.75, 3.05) is 0 Å². The first-order valence-corrected chi connectivity index (χ1v) is 42.9. The summed E-state index contributed by atoms with van der Waals surface area (Å²) in [6, 6.07) is 2.95. The summed E-state index contributed by atoms with van der Waals surface area (Å²) in [6.07, 6.45) is 17.8. The van der Waals surface area contributed by atoms with Gasteiger partial charge in [0.05, 0.1) is 0 Å². The van der Waals surface area contributed by atoms with Crippen molar-refractivity contribution < 1.29 is 32.9 Å². The van der Waals surface area contributed by atoms with Gasteiger partial charge >= 0.3 is 35.2 Å². The molecule has 312 valence electrons. The van der Waals surface area contributed by atoms with Crippen molar-refractivity contribution in [3.05, 3.63) is 0 Å². The van der Waals surface area contributed by atoms with E-state index in [4.69, 9.17) is 32.9 Å². The largest absolute Gasteiger partial charge is 0.475 e. The van der Waals surface area contributed by atoms with Gasteiger partial charge in [0.15, 0.2) is 33.3 Å². The lowest BCUT2D eigenvalue weighted by Gasteiger charge is -2.54. The van der Waals surface area contributed by atoms with Gasteiger partial charge in [-0.05, 0) is 104 Å². The lowest BCUT2D eigenvalue weighted by Crippen LogP contribution is -2.76. The maximum absolute atomic E-state index is 7.89. The molecule has 1 aliphatic heterocycles. The van der Waals surface area contributed by atoms with Crippen LogP contribution in [-0.4, -0.2) is 68.5 Å². The Kier molecular flexibility index (Phi) is 22.9. The van der Waals surface area contributed by atoms with E-state index in [1.807, 2.05) is 0 Å². The van der Waals surface area contributed by atoms with Gasteiger partial charge in [0.1, 0.15) is 0 Å². The van der Waals surface area contributed by atoms with E-state index in [9.17, 15) is 0 Å². The smallest absolute Gasteiger partial charge is 0.417 e. The lowest BCUT2D eigenvalue weighted by molar-refractivity contribution is 0.0759. The monoisotopic (exact) mass is 872 g/mol. The van der Waals surface area contributed by atoms with Crippen molar-refractivity contribution in [3.8, 4) is 0 Å². The highest BCUT2D eigenvalue weighted by Gasteiger charge is 2.69. The fourth-order valence-electron chi connectivity index (χ4n) is 6.75. The topological polar surface area (TPSA) is 73.8 Å². The highest BCUT2D eigenvalue weighted by Crippen LogP contribution is 2.44. The summed E-state index contributed by atoms with van der Waals surface area (Å²) in [6.45, 7) is 36.4. The van der Waals surface area contributed by atoms with E-state index in [-0.39, 0.29) is 0 Å². The molecule has 8 nitrogen and oxygen atoms in total. The van der Waals surface area contributed by atoms with E-state index in [0.29, 0.717) is 0 Å². The molecule has 0 aromatic heterocycles. The van der Waals surface area contributed by atoms with Gasteiger partial charge in [0, 0.05) is 24.2 Å². The van der Waals surface area contributed by atoms with Crippen LogP contribution in [0.25, 0.3) is 0 Å². The molecule has 0 aromatic rings. The van der Waals surface area contributed by atoms with Crippen LogP contribution in [0.5, 0.6) is 0 Å². The first kappa shape index (κ1) is 51.4. The average Bonchev–Trinajstić information content (AvgIpc) is 2.94. The normalized spacial score (nSPS) is 26.8. The van der Waals surface area contributed by atoms with Crippen LogP contribution in [0.3, 0.4) is 0 Å². The molecule has 0 saturated carbocycles. The van der Waals surface area contributed by atoms with Crippen molar-refractivity contribution in [1.29, 1.82) is 0 Å². The van der Waals surface area contributed by atoms with E-state index >= 15 is 0 Å². The van der Waals surface area contributed by atoms with Gasteiger partial charge in [-0.15, -0.1) is 0 Å². The zero-order valence-electron chi connectivity index (χ0n) is 37.4. The number of unbranched alkanes of at least 4 members (excludes halogenated alkanes) is 12. The van der Waals surface area contributed by atoms with Crippen LogP contribution in [-0.2, 0) is 32.9 Å². The summed E-state index contributed by atoms with van der Waals surface area (Å²) in [4.78, 5) is 0. The van der Waals surface area contributed by atoms with Crippen molar-refractivity contribution in [1.82, 2.24) is 0 Å². The molecular weight excluding hydrogens is 785 g/mol. The first-order valence-electron chi connectivity index (χ1n) is 21.5. The minimum Gasteiger partial charge on any atom is -0.417 e. The molecule has 1 heterocycles. The maximum Gasteiger partial charge on any atom is 0.475 e. The van der Waals surface area contributed by atoms with E-state index < -0.39 is 68.5 Å².